The van der Waals surface area contributed by atoms with Gasteiger partial charge in [-0.2, -0.15) is 5.26 Å². The molecule has 5 nitrogen and oxygen atoms in total. The number of nitrogens with zero attached hydrogens (tertiary/aromatic N) is 2. The summed E-state index contributed by atoms with van der Waals surface area (Å²) in [6, 6.07) is 2.06. The molecule has 0 radical (unpaired) electrons. The van der Waals surface area contributed by atoms with Crippen LogP contribution in [-0.4, -0.2) is 35.0 Å². The molecule has 5 heteroatoms. The van der Waals surface area contributed by atoms with Crippen molar-refractivity contribution in [1.82, 2.24) is 4.90 Å². The van der Waals surface area contributed by atoms with Gasteiger partial charge in [0.25, 0.3) is 0 Å². The molecule has 1 saturated carbocycles. The first-order chi connectivity index (χ1) is 8.95. The van der Waals surface area contributed by atoms with E-state index in [9.17, 15) is 9.59 Å². The molecule has 106 valence electrons. The first kappa shape index (κ1) is 15.5. The van der Waals surface area contributed by atoms with Crippen molar-refractivity contribution in [3.8, 4) is 6.07 Å². The van der Waals surface area contributed by atoms with Gasteiger partial charge >= 0.3 is 5.97 Å². The zero-order chi connectivity index (χ0) is 14.4. The molecule has 1 N–H and O–H groups in total. The van der Waals surface area contributed by atoms with Gasteiger partial charge in [-0.25, -0.2) is 0 Å². The zero-order valence-corrected chi connectivity index (χ0v) is 11.6. The standard InChI is InChI=1S/C14H22N2O3/c1-10(2)9-16(7-3-6-15)13(17)11-4-5-12(8-11)14(18)19/h10-12H,3-5,7-9H2,1-2H3,(H,18,19). The third kappa shape index (κ3) is 4.55. The van der Waals surface area contributed by atoms with Crippen LogP contribution in [0.4, 0.5) is 0 Å². The monoisotopic (exact) mass is 266 g/mol. The first-order valence-electron chi connectivity index (χ1n) is 6.84. The quantitative estimate of drug-likeness (QED) is 0.796. The Morgan fingerprint density at radius 2 is 2.00 bits per heavy atom. The van der Waals surface area contributed by atoms with E-state index in [0.717, 1.165) is 0 Å². The van der Waals surface area contributed by atoms with Crippen LogP contribution in [0.25, 0.3) is 0 Å². The van der Waals surface area contributed by atoms with Crippen LogP contribution >= 0.6 is 0 Å². The summed E-state index contributed by atoms with van der Waals surface area (Å²) in [6.45, 7) is 5.14. The second kappa shape index (κ2) is 7.13. The third-order valence-corrected chi connectivity index (χ3v) is 3.52. The van der Waals surface area contributed by atoms with E-state index in [1.165, 1.54) is 0 Å². The second-order valence-electron chi connectivity index (χ2n) is 5.63. The molecule has 0 saturated heterocycles. The number of aliphatic carboxylic acids is 1. The molecule has 0 aromatic heterocycles. The van der Waals surface area contributed by atoms with Crippen LogP contribution in [-0.2, 0) is 9.59 Å². The topological polar surface area (TPSA) is 81.4 Å². The van der Waals surface area contributed by atoms with E-state index in [1.807, 2.05) is 13.8 Å². The summed E-state index contributed by atoms with van der Waals surface area (Å²) in [6.07, 6.45) is 2.00. The lowest BCUT2D eigenvalue weighted by Crippen LogP contribution is -2.38. The van der Waals surface area contributed by atoms with Crippen molar-refractivity contribution in [1.29, 1.82) is 5.26 Å². The highest BCUT2D eigenvalue weighted by atomic mass is 16.4. The molecule has 1 amide bonds. The number of amides is 1. The van der Waals surface area contributed by atoms with Gasteiger partial charge < -0.3 is 10.0 Å². The number of nitriles is 1. The van der Waals surface area contributed by atoms with Crippen LogP contribution in [0.3, 0.4) is 0 Å². The summed E-state index contributed by atoms with van der Waals surface area (Å²) in [4.78, 5) is 25.0. The van der Waals surface area contributed by atoms with E-state index in [-0.39, 0.29) is 17.7 Å². The van der Waals surface area contributed by atoms with Gasteiger partial charge in [0.1, 0.15) is 0 Å². The van der Waals surface area contributed by atoms with E-state index in [4.69, 9.17) is 10.4 Å². The number of rotatable bonds is 6. The maximum atomic E-state index is 12.4. The largest absolute Gasteiger partial charge is 0.481 e. The fourth-order valence-corrected chi connectivity index (χ4v) is 2.61. The van der Waals surface area contributed by atoms with E-state index >= 15 is 0 Å². The van der Waals surface area contributed by atoms with E-state index < -0.39 is 5.97 Å². The van der Waals surface area contributed by atoms with Gasteiger partial charge in [0.15, 0.2) is 0 Å². The number of hydrogen-bond acceptors (Lipinski definition) is 3. The molecule has 19 heavy (non-hydrogen) atoms. The number of carbonyl (C=O) groups excluding carboxylic acids is 1. The molecule has 0 heterocycles. The molecule has 1 aliphatic rings. The molecular weight excluding hydrogens is 244 g/mol. The van der Waals surface area contributed by atoms with Gasteiger partial charge in [-0.3, -0.25) is 9.59 Å². The summed E-state index contributed by atoms with van der Waals surface area (Å²) in [5.41, 5.74) is 0. The Hall–Kier alpha value is -1.57. The van der Waals surface area contributed by atoms with Gasteiger partial charge in [-0.1, -0.05) is 13.8 Å². The smallest absolute Gasteiger partial charge is 0.306 e. The van der Waals surface area contributed by atoms with Crippen molar-refractivity contribution in [2.45, 2.75) is 39.5 Å². The molecular formula is C14H22N2O3. The summed E-state index contributed by atoms with van der Waals surface area (Å²) in [5.74, 6) is -1.00. The molecule has 2 atom stereocenters. The minimum Gasteiger partial charge on any atom is -0.481 e. The summed E-state index contributed by atoms with van der Waals surface area (Å²) in [5, 5.41) is 17.6. The highest BCUT2D eigenvalue weighted by Crippen LogP contribution is 2.32. The highest BCUT2D eigenvalue weighted by molar-refractivity contribution is 5.81. The van der Waals surface area contributed by atoms with Crippen LogP contribution in [0.1, 0.15) is 39.5 Å². The van der Waals surface area contributed by atoms with Gasteiger partial charge in [0.05, 0.1) is 18.4 Å². The molecule has 0 aromatic carbocycles. The Balaban J connectivity index is 2.61. The Bertz CT molecular complexity index is 373. The lowest BCUT2D eigenvalue weighted by atomic mass is 10.0. The number of carboxylic acids is 1. The minimum absolute atomic E-state index is 0.0210. The lowest BCUT2D eigenvalue weighted by Gasteiger charge is -2.26. The maximum Gasteiger partial charge on any atom is 0.306 e. The normalized spacial score (nSPS) is 22.2. The van der Waals surface area contributed by atoms with Crippen LogP contribution in [0.5, 0.6) is 0 Å². The van der Waals surface area contributed by atoms with E-state index in [1.54, 1.807) is 4.90 Å². The molecule has 0 aromatic rings. The van der Waals surface area contributed by atoms with Crippen LogP contribution in [0, 0.1) is 29.1 Å². The fourth-order valence-electron chi connectivity index (χ4n) is 2.61. The van der Waals surface area contributed by atoms with Crippen molar-refractivity contribution in [2.24, 2.45) is 17.8 Å². The highest BCUT2D eigenvalue weighted by Gasteiger charge is 2.35. The fraction of sp³-hybridized carbons (Fsp3) is 0.786. The van der Waals surface area contributed by atoms with E-state index in [2.05, 4.69) is 6.07 Å². The van der Waals surface area contributed by atoms with Gasteiger partial charge in [-0.15, -0.1) is 0 Å². The predicted molar refractivity (Wildman–Crippen MR) is 70.1 cm³/mol. The number of carboxylic acid groups (broad SMARTS) is 1. The molecule has 2 unspecified atom stereocenters. The molecule has 0 aliphatic heterocycles. The van der Waals surface area contributed by atoms with Gasteiger partial charge in [0, 0.05) is 19.0 Å². The van der Waals surface area contributed by atoms with Crippen molar-refractivity contribution < 1.29 is 14.7 Å². The summed E-state index contributed by atoms with van der Waals surface area (Å²) in [7, 11) is 0. The Morgan fingerprint density at radius 3 is 2.47 bits per heavy atom. The Morgan fingerprint density at radius 1 is 1.37 bits per heavy atom. The Labute approximate surface area is 114 Å². The maximum absolute atomic E-state index is 12.4. The lowest BCUT2D eigenvalue weighted by molar-refractivity contribution is -0.141. The number of hydrogen-bond donors (Lipinski definition) is 1. The molecule has 1 fully saturated rings. The summed E-state index contributed by atoms with van der Waals surface area (Å²) < 4.78 is 0. The van der Waals surface area contributed by atoms with Gasteiger partial charge in [0.2, 0.25) is 5.91 Å². The van der Waals surface area contributed by atoms with E-state index in [0.29, 0.717) is 44.7 Å². The average molecular weight is 266 g/mol. The van der Waals surface area contributed by atoms with Crippen molar-refractivity contribution in [2.75, 3.05) is 13.1 Å². The minimum atomic E-state index is -0.803. The average Bonchev–Trinajstić information content (AvgIpc) is 2.82. The second-order valence-corrected chi connectivity index (χ2v) is 5.63. The van der Waals surface area contributed by atoms with Crippen molar-refractivity contribution >= 4 is 11.9 Å². The summed E-state index contributed by atoms with van der Waals surface area (Å²) >= 11 is 0. The predicted octanol–water partition coefficient (Wildman–Crippen LogP) is 1.89. The molecule has 0 spiro atoms. The molecule has 1 rings (SSSR count). The van der Waals surface area contributed by atoms with Crippen molar-refractivity contribution in [3.05, 3.63) is 0 Å². The molecule has 1 aliphatic carbocycles. The number of carbonyl (C=O) groups is 2. The van der Waals surface area contributed by atoms with Crippen LogP contribution in [0.15, 0.2) is 0 Å². The van der Waals surface area contributed by atoms with Crippen LogP contribution < -0.4 is 0 Å². The zero-order valence-electron chi connectivity index (χ0n) is 11.6. The van der Waals surface area contributed by atoms with Crippen LogP contribution in [0.2, 0.25) is 0 Å². The molecule has 0 bridgehead atoms. The van der Waals surface area contributed by atoms with Gasteiger partial charge in [-0.05, 0) is 25.2 Å². The Kier molecular flexibility index (Phi) is 5.81. The first-order valence-corrected chi connectivity index (χ1v) is 6.84. The third-order valence-electron chi connectivity index (χ3n) is 3.52. The van der Waals surface area contributed by atoms with Crippen molar-refractivity contribution in [3.63, 3.8) is 0 Å². The SMILES string of the molecule is CC(C)CN(CCC#N)C(=O)C1CCC(C(=O)O)C1.